The van der Waals surface area contributed by atoms with Crippen molar-refractivity contribution in [1.29, 1.82) is 5.26 Å². The molecule has 0 radical (unpaired) electrons. The number of aromatic nitrogens is 1. The van der Waals surface area contributed by atoms with Crippen molar-refractivity contribution in [2.24, 2.45) is 0 Å². The minimum absolute atomic E-state index is 0.144. The van der Waals surface area contributed by atoms with E-state index in [4.69, 9.17) is 14.2 Å². The van der Waals surface area contributed by atoms with Gasteiger partial charge in [-0.25, -0.2) is 4.79 Å². The molecule has 2 aromatic rings. The molecule has 0 spiro atoms. The number of ether oxygens (including phenoxy) is 3. The molecule has 0 bridgehead atoms. The average Bonchev–Trinajstić information content (AvgIpc) is 3.04. The van der Waals surface area contributed by atoms with E-state index in [0.29, 0.717) is 11.6 Å². The van der Waals surface area contributed by atoms with E-state index in [1.54, 1.807) is 17.6 Å². The molecule has 3 rings (SSSR count). The summed E-state index contributed by atoms with van der Waals surface area (Å²) in [5.74, 6) is -0.0720. The van der Waals surface area contributed by atoms with Crippen molar-refractivity contribution < 1.29 is 19.0 Å². The van der Waals surface area contributed by atoms with E-state index >= 15 is 0 Å². The molecular formula is C22H26N2O4. The Hall–Kier alpha value is -2.78. The molecule has 148 valence electrons. The molecular weight excluding hydrogens is 356 g/mol. The standard InChI is InChI=1S/C22H26N2O4/c1-5-27-21(25)20-11-17-10-15(16-8-9-28-22(2,3)12-16)6-7-19(17)24(20)18(13-23)14-26-4/h6-7,10-11,14,16H,5,8-9,12H2,1-4H3/t16-/m0/s1. The number of esters is 1. The van der Waals surface area contributed by atoms with E-state index in [9.17, 15) is 10.1 Å². The molecule has 2 heterocycles. The van der Waals surface area contributed by atoms with Gasteiger partial charge in [-0.2, -0.15) is 5.26 Å². The van der Waals surface area contributed by atoms with Gasteiger partial charge < -0.3 is 14.2 Å². The number of carbonyl (C=O) groups is 1. The van der Waals surface area contributed by atoms with Crippen LogP contribution in [0.2, 0.25) is 0 Å². The van der Waals surface area contributed by atoms with Crippen LogP contribution in [0.5, 0.6) is 0 Å². The fraction of sp³-hybridized carbons (Fsp3) is 0.455. The first-order valence-corrected chi connectivity index (χ1v) is 9.50. The van der Waals surface area contributed by atoms with E-state index in [0.717, 1.165) is 30.4 Å². The fourth-order valence-electron chi connectivity index (χ4n) is 3.86. The quantitative estimate of drug-likeness (QED) is 0.434. The van der Waals surface area contributed by atoms with Crippen LogP contribution in [-0.4, -0.2) is 36.5 Å². The van der Waals surface area contributed by atoms with Crippen molar-refractivity contribution in [2.45, 2.75) is 45.1 Å². The first-order valence-electron chi connectivity index (χ1n) is 9.50. The van der Waals surface area contributed by atoms with Crippen LogP contribution in [0.4, 0.5) is 0 Å². The summed E-state index contributed by atoms with van der Waals surface area (Å²) < 4.78 is 17.7. The topological polar surface area (TPSA) is 73.5 Å². The largest absolute Gasteiger partial charge is 0.501 e. The highest BCUT2D eigenvalue weighted by Gasteiger charge is 2.30. The Kier molecular flexibility index (Phi) is 5.76. The number of benzene rings is 1. The number of nitrogens with zero attached hydrogens (tertiary/aromatic N) is 2. The first kappa shape index (κ1) is 20.0. The Morgan fingerprint density at radius 2 is 2.21 bits per heavy atom. The highest BCUT2D eigenvalue weighted by molar-refractivity contribution is 5.99. The molecule has 0 unspecified atom stereocenters. The summed E-state index contributed by atoms with van der Waals surface area (Å²) in [5.41, 5.74) is 2.37. The maximum Gasteiger partial charge on any atom is 0.355 e. The average molecular weight is 382 g/mol. The summed E-state index contributed by atoms with van der Waals surface area (Å²) in [5, 5.41) is 10.4. The molecule has 28 heavy (non-hydrogen) atoms. The maximum absolute atomic E-state index is 12.5. The van der Waals surface area contributed by atoms with E-state index in [1.165, 1.54) is 18.9 Å². The fourth-order valence-corrected chi connectivity index (χ4v) is 3.86. The summed E-state index contributed by atoms with van der Waals surface area (Å²) >= 11 is 0. The Morgan fingerprint density at radius 1 is 1.43 bits per heavy atom. The van der Waals surface area contributed by atoms with Crippen molar-refractivity contribution in [2.75, 3.05) is 20.3 Å². The smallest absolute Gasteiger partial charge is 0.355 e. The molecule has 1 saturated heterocycles. The molecule has 6 nitrogen and oxygen atoms in total. The van der Waals surface area contributed by atoms with Gasteiger partial charge in [-0.15, -0.1) is 0 Å². The predicted molar refractivity (Wildman–Crippen MR) is 107 cm³/mol. The number of allylic oxidation sites excluding steroid dienone is 1. The zero-order chi connectivity index (χ0) is 20.3. The van der Waals surface area contributed by atoms with E-state index < -0.39 is 5.97 Å². The minimum atomic E-state index is -0.468. The van der Waals surface area contributed by atoms with Crippen LogP contribution in [-0.2, 0) is 14.2 Å². The van der Waals surface area contributed by atoms with Crippen LogP contribution in [0.1, 0.15) is 55.6 Å². The third kappa shape index (κ3) is 3.90. The van der Waals surface area contributed by atoms with Crippen LogP contribution < -0.4 is 0 Å². The van der Waals surface area contributed by atoms with Crippen LogP contribution in [0.3, 0.4) is 0 Å². The molecule has 0 saturated carbocycles. The van der Waals surface area contributed by atoms with Crippen LogP contribution >= 0.6 is 0 Å². The van der Waals surface area contributed by atoms with Gasteiger partial charge in [-0.1, -0.05) is 6.07 Å². The summed E-state index contributed by atoms with van der Waals surface area (Å²) in [4.78, 5) is 12.5. The van der Waals surface area contributed by atoms with Gasteiger partial charge in [-0.3, -0.25) is 4.57 Å². The Balaban J connectivity index is 2.11. The van der Waals surface area contributed by atoms with Gasteiger partial charge in [0.1, 0.15) is 18.0 Å². The number of fused-ring (bicyclic) bond motifs is 1. The second-order valence-electron chi connectivity index (χ2n) is 7.55. The van der Waals surface area contributed by atoms with Gasteiger partial charge in [0, 0.05) is 12.0 Å². The molecule has 1 aromatic heterocycles. The zero-order valence-corrected chi connectivity index (χ0v) is 16.8. The Labute approximate surface area is 165 Å². The van der Waals surface area contributed by atoms with Crippen molar-refractivity contribution in [3.63, 3.8) is 0 Å². The van der Waals surface area contributed by atoms with Gasteiger partial charge in [0.15, 0.2) is 5.70 Å². The lowest BCUT2D eigenvalue weighted by atomic mass is 9.83. The molecule has 1 atom stereocenters. The minimum Gasteiger partial charge on any atom is -0.501 e. The monoisotopic (exact) mass is 382 g/mol. The van der Waals surface area contributed by atoms with Crippen LogP contribution in [0.15, 0.2) is 30.5 Å². The van der Waals surface area contributed by atoms with Crippen LogP contribution in [0, 0.1) is 11.3 Å². The van der Waals surface area contributed by atoms with Crippen molar-refractivity contribution in [1.82, 2.24) is 4.57 Å². The van der Waals surface area contributed by atoms with Gasteiger partial charge in [0.2, 0.25) is 0 Å². The molecule has 1 aliphatic heterocycles. The third-order valence-corrected chi connectivity index (χ3v) is 5.06. The number of rotatable bonds is 5. The SMILES string of the molecule is CCOC(=O)c1cc2cc([C@H]3CCOC(C)(C)C3)ccc2n1C(C#N)=COC. The number of hydrogen-bond donors (Lipinski definition) is 0. The van der Waals surface area contributed by atoms with Gasteiger partial charge in [-0.05, 0) is 63.3 Å². The molecule has 0 amide bonds. The van der Waals surface area contributed by atoms with Gasteiger partial charge in [0.05, 0.1) is 24.8 Å². The summed E-state index contributed by atoms with van der Waals surface area (Å²) in [6.45, 7) is 6.98. The molecule has 0 N–H and O–H groups in total. The number of carbonyl (C=O) groups excluding carboxylic acids is 1. The molecule has 1 aliphatic rings. The highest BCUT2D eigenvalue weighted by atomic mass is 16.5. The van der Waals surface area contributed by atoms with E-state index in [1.807, 2.05) is 6.07 Å². The molecule has 6 heteroatoms. The number of methoxy groups -OCH3 is 1. The van der Waals surface area contributed by atoms with E-state index in [-0.39, 0.29) is 17.9 Å². The normalized spacial score (nSPS) is 19.2. The summed E-state index contributed by atoms with van der Waals surface area (Å²) in [6, 6.07) is 10.0. The lowest BCUT2D eigenvalue weighted by molar-refractivity contribution is -0.0592. The Morgan fingerprint density at radius 3 is 2.86 bits per heavy atom. The number of nitriles is 1. The van der Waals surface area contributed by atoms with Crippen molar-refractivity contribution in [3.05, 3.63) is 41.8 Å². The second kappa shape index (κ2) is 8.07. The second-order valence-corrected chi connectivity index (χ2v) is 7.55. The lowest BCUT2D eigenvalue weighted by Crippen LogP contribution is -2.32. The van der Waals surface area contributed by atoms with Gasteiger partial charge >= 0.3 is 5.97 Å². The zero-order valence-electron chi connectivity index (χ0n) is 16.8. The maximum atomic E-state index is 12.5. The number of hydrogen-bond acceptors (Lipinski definition) is 5. The molecule has 1 fully saturated rings. The summed E-state index contributed by atoms with van der Waals surface area (Å²) in [6.07, 6.45) is 3.24. The third-order valence-electron chi connectivity index (χ3n) is 5.06. The van der Waals surface area contributed by atoms with Gasteiger partial charge in [0.25, 0.3) is 0 Å². The van der Waals surface area contributed by atoms with Crippen LogP contribution in [0.25, 0.3) is 16.6 Å². The van der Waals surface area contributed by atoms with Crippen molar-refractivity contribution in [3.8, 4) is 6.07 Å². The predicted octanol–water partition coefficient (Wildman–Crippen LogP) is 4.46. The lowest BCUT2D eigenvalue weighted by Gasteiger charge is -2.35. The van der Waals surface area contributed by atoms with Crippen molar-refractivity contribution >= 4 is 22.6 Å². The first-order chi connectivity index (χ1) is 13.4. The molecule has 0 aliphatic carbocycles. The summed E-state index contributed by atoms with van der Waals surface area (Å²) in [7, 11) is 1.47. The highest BCUT2D eigenvalue weighted by Crippen LogP contribution is 2.37. The molecule has 1 aromatic carbocycles. The Bertz CT molecular complexity index is 949. The van der Waals surface area contributed by atoms with E-state index in [2.05, 4.69) is 32.0 Å².